The van der Waals surface area contributed by atoms with Crippen molar-refractivity contribution < 1.29 is 10.2 Å². The molecular formula is C10H9ClN2O2S. The molecule has 0 aliphatic heterocycles. The summed E-state index contributed by atoms with van der Waals surface area (Å²) in [5.41, 5.74) is 0.624. The first-order chi connectivity index (χ1) is 7.56. The van der Waals surface area contributed by atoms with E-state index in [9.17, 15) is 10.2 Å². The van der Waals surface area contributed by atoms with Gasteiger partial charge in [-0.05, 0) is 19.1 Å². The molecule has 0 amide bonds. The number of hydrogen-bond acceptors (Lipinski definition) is 5. The van der Waals surface area contributed by atoms with Gasteiger partial charge in [0.05, 0.1) is 5.38 Å². The van der Waals surface area contributed by atoms with Crippen LogP contribution in [0.2, 0.25) is 0 Å². The SMILES string of the molecule is CC(Cl)c1nnc(-c2cc(O)cc(O)c2)s1. The van der Waals surface area contributed by atoms with Gasteiger partial charge in [-0.15, -0.1) is 21.8 Å². The highest BCUT2D eigenvalue weighted by Crippen LogP contribution is 2.33. The van der Waals surface area contributed by atoms with Crippen LogP contribution in [0.4, 0.5) is 0 Å². The first kappa shape index (κ1) is 11.2. The van der Waals surface area contributed by atoms with Crippen molar-refractivity contribution in [2.24, 2.45) is 0 Å². The van der Waals surface area contributed by atoms with E-state index in [4.69, 9.17) is 11.6 Å². The fraction of sp³-hybridized carbons (Fsp3) is 0.200. The molecule has 16 heavy (non-hydrogen) atoms. The average molecular weight is 257 g/mol. The second kappa shape index (κ2) is 4.27. The zero-order valence-corrected chi connectivity index (χ0v) is 9.96. The van der Waals surface area contributed by atoms with Crippen LogP contribution >= 0.6 is 22.9 Å². The number of nitrogens with zero attached hydrogens (tertiary/aromatic N) is 2. The van der Waals surface area contributed by atoms with Crippen LogP contribution < -0.4 is 0 Å². The lowest BCUT2D eigenvalue weighted by Gasteiger charge is -1.98. The van der Waals surface area contributed by atoms with Crippen LogP contribution in [-0.2, 0) is 0 Å². The fourth-order valence-corrected chi connectivity index (χ4v) is 2.17. The topological polar surface area (TPSA) is 66.2 Å². The van der Waals surface area contributed by atoms with Gasteiger partial charge in [0.15, 0.2) is 0 Å². The van der Waals surface area contributed by atoms with Crippen LogP contribution in [0.1, 0.15) is 17.3 Å². The predicted octanol–water partition coefficient (Wildman–Crippen LogP) is 2.92. The summed E-state index contributed by atoms with van der Waals surface area (Å²) >= 11 is 7.21. The molecule has 4 nitrogen and oxygen atoms in total. The Morgan fingerprint density at radius 3 is 2.31 bits per heavy atom. The highest BCUT2D eigenvalue weighted by Gasteiger charge is 2.11. The summed E-state index contributed by atoms with van der Waals surface area (Å²) in [5.74, 6) is -0.0173. The number of benzene rings is 1. The lowest BCUT2D eigenvalue weighted by molar-refractivity contribution is 0.451. The van der Waals surface area contributed by atoms with Crippen LogP contribution in [0.3, 0.4) is 0 Å². The number of alkyl halides is 1. The molecule has 0 bridgehead atoms. The number of hydrogen-bond donors (Lipinski definition) is 2. The van der Waals surface area contributed by atoms with Crippen molar-refractivity contribution in [3.05, 3.63) is 23.2 Å². The summed E-state index contributed by atoms with van der Waals surface area (Å²) in [5, 5.41) is 27.7. The molecule has 0 aliphatic rings. The Labute approximate surface area is 101 Å². The molecular weight excluding hydrogens is 248 g/mol. The maximum Gasteiger partial charge on any atom is 0.148 e. The molecule has 0 fully saturated rings. The fourth-order valence-electron chi connectivity index (χ4n) is 1.23. The quantitative estimate of drug-likeness (QED) is 0.811. The van der Waals surface area contributed by atoms with Gasteiger partial charge < -0.3 is 10.2 Å². The van der Waals surface area contributed by atoms with E-state index in [0.717, 1.165) is 0 Å². The third-order valence-corrected chi connectivity index (χ3v) is 3.42. The molecule has 0 saturated heterocycles. The van der Waals surface area contributed by atoms with E-state index < -0.39 is 0 Å². The maximum atomic E-state index is 9.34. The Kier molecular flexibility index (Phi) is 2.98. The summed E-state index contributed by atoms with van der Waals surface area (Å²) in [7, 11) is 0. The highest BCUT2D eigenvalue weighted by atomic mass is 35.5. The molecule has 6 heteroatoms. The van der Waals surface area contributed by atoms with Crippen molar-refractivity contribution in [1.82, 2.24) is 10.2 Å². The molecule has 0 radical (unpaired) electrons. The van der Waals surface area contributed by atoms with Crippen LogP contribution in [0.5, 0.6) is 11.5 Å². The molecule has 1 unspecified atom stereocenters. The number of halogens is 1. The molecule has 1 heterocycles. The van der Waals surface area contributed by atoms with Crippen LogP contribution in [0, 0.1) is 0 Å². The van der Waals surface area contributed by atoms with E-state index in [0.29, 0.717) is 15.6 Å². The van der Waals surface area contributed by atoms with E-state index in [-0.39, 0.29) is 16.9 Å². The summed E-state index contributed by atoms with van der Waals surface area (Å²) in [6, 6.07) is 4.29. The number of rotatable bonds is 2. The first-order valence-corrected chi connectivity index (χ1v) is 5.82. The Hall–Kier alpha value is -1.33. The number of phenolic OH excluding ortho intramolecular Hbond substituents is 2. The first-order valence-electron chi connectivity index (χ1n) is 4.57. The van der Waals surface area contributed by atoms with E-state index >= 15 is 0 Å². The minimum absolute atomic E-state index is 0.00864. The second-order valence-corrected chi connectivity index (χ2v) is 4.96. The molecule has 1 aromatic heterocycles. The normalized spacial score (nSPS) is 12.6. The maximum absolute atomic E-state index is 9.34. The molecule has 2 aromatic rings. The van der Waals surface area contributed by atoms with Gasteiger partial charge in [-0.2, -0.15) is 0 Å². The van der Waals surface area contributed by atoms with Gasteiger partial charge in [-0.3, -0.25) is 0 Å². The third kappa shape index (κ3) is 2.25. The predicted molar refractivity (Wildman–Crippen MR) is 62.9 cm³/mol. The Bertz CT molecular complexity index is 493. The summed E-state index contributed by atoms with van der Waals surface area (Å²) in [4.78, 5) is 0. The van der Waals surface area contributed by atoms with Crippen molar-refractivity contribution in [3.63, 3.8) is 0 Å². The van der Waals surface area contributed by atoms with Gasteiger partial charge in [-0.1, -0.05) is 11.3 Å². The highest BCUT2D eigenvalue weighted by molar-refractivity contribution is 7.15. The van der Waals surface area contributed by atoms with Gasteiger partial charge in [-0.25, -0.2) is 0 Å². The van der Waals surface area contributed by atoms with Crippen LogP contribution in [-0.4, -0.2) is 20.4 Å². The summed E-state index contributed by atoms with van der Waals surface area (Å²) < 4.78 is 0. The van der Waals surface area contributed by atoms with Crippen LogP contribution in [0.15, 0.2) is 18.2 Å². The van der Waals surface area contributed by atoms with E-state index in [1.165, 1.54) is 29.5 Å². The minimum atomic E-state index is -0.197. The van der Waals surface area contributed by atoms with E-state index in [2.05, 4.69) is 10.2 Å². The molecule has 84 valence electrons. The van der Waals surface area contributed by atoms with E-state index in [1.54, 1.807) is 0 Å². The molecule has 0 spiro atoms. The lowest BCUT2D eigenvalue weighted by atomic mass is 10.2. The smallest absolute Gasteiger partial charge is 0.148 e. The van der Waals surface area contributed by atoms with Crippen molar-refractivity contribution in [3.8, 4) is 22.1 Å². The molecule has 1 atom stereocenters. The third-order valence-electron chi connectivity index (χ3n) is 1.93. The standard InChI is InChI=1S/C10H9ClN2O2S/c1-5(11)9-12-13-10(16-9)6-2-7(14)4-8(15)3-6/h2-5,14-15H,1H3. The van der Waals surface area contributed by atoms with Crippen molar-refractivity contribution in [2.75, 3.05) is 0 Å². The van der Waals surface area contributed by atoms with Gasteiger partial charge in [0.2, 0.25) is 0 Å². The van der Waals surface area contributed by atoms with Crippen molar-refractivity contribution in [2.45, 2.75) is 12.3 Å². The van der Waals surface area contributed by atoms with Gasteiger partial charge in [0.25, 0.3) is 0 Å². The number of aromatic hydroxyl groups is 2. The molecule has 2 rings (SSSR count). The van der Waals surface area contributed by atoms with Crippen LogP contribution in [0.25, 0.3) is 10.6 Å². The van der Waals surface area contributed by atoms with Gasteiger partial charge in [0.1, 0.15) is 21.5 Å². The summed E-state index contributed by atoms with van der Waals surface area (Å²) in [6.45, 7) is 1.81. The van der Waals surface area contributed by atoms with E-state index in [1.807, 2.05) is 6.92 Å². The van der Waals surface area contributed by atoms with Gasteiger partial charge >= 0.3 is 0 Å². The lowest BCUT2D eigenvalue weighted by Crippen LogP contribution is -1.80. The average Bonchev–Trinajstić information content (AvgIpc) is 2.64. The molecule has 1 aromatic carbocycles. The largest absolute Gasteiger partial charge is 0.508 e. The second-order valence-electron chi connectivity index (χ2n) is 3.30. The summed E-state index contributed by atoms with van der Waals surface area (Å²) in [6.07, 6.45) is 0. The zero-order valence-electron chi connectivity index (χ0n) is 8.38. The number of aromatic nitrogens is 2. The molecule has 0 aliphatic carbocycles. The minimum Gasteiger partial charge on any atom is -0.508 e. The number of phenols is 2. The Morgan fingerprint density at radius 1 is 1.19 bits per heavy atom. The Morgan fingerprint density at radius 2 is 1.81 bits per heavy atom. The molecule has 0 saturated carbocycles. The zero-order chi connectivity index (χ0) is 11.7. The van der Waals surface area contributed by atoms with Gasteiger partial charge in [0, 0.05) is 11.6 Å². The van der Waals surface area contributed by atoms with Crippen molar-refractivity contribution >= 4 is 22.9 Å². The van der Waals surface area contributed by atoms with Crippen molar-refractivity contribution in [1.29, 1.82) is 0 Å². The Balaban J connectivity index is 2.42. The monoisotopic (exact) mass is 256 g/mol. The molecule has 2 N–H and O–H groups in total.